The molecule has 2 amide bonds. The molecule has 1 atom stereocenters. The number of nitrogens with one attached hydrogen (secondary N) is 2. The molecule has 0 bridgehead atoms. The number of rotatable bonds is 4. The summed E-state index contributed by atoms with van der Waals surface area (Å²) in [4.78, 5) is 41.1. The summed E-state index contributed by atoms with van der Waals surface area (Å²) in [7, 11) is 1.58. The van der Waals surface area contributed by atoms with Gasteiger partial charge in [0, 0.05) is 42.8 Å². The molecular formula is C25H30BrN3O6. The molecule has 1 aliphatic heterocycles. The van der Waals surface area contributed by atoms with Crippen molar-refractivity contribution in [3.63, 3.8) is 0 Å². The van der Waals surface area contributed by atoms with Crippen LogP contribution in [0.5, 0.6) is 11.5 Å². The van der Waals surface area contributed by atoms with Crippen molar-refractivity contribution < 1.29 is 24.2 Å². The summed E-state index contributed by atoms with van der Waals surface area (Å²) >= 11 is 3.54. The fraction of sp³-hybridized carbons (Fsp3) is 0.480. The lowest BCUT2D eigenvalue weighted by atomic mass is 9.81. The largest absolute Gasteiger partial charge is 0.465 e. The molecule has 1 saturated carbocycles. The van der Waals surface area contributed by atoms with Crippen molar-refractivity contribution >= 4 is 33.6 Å². The summed E-state index contributed by atoms with van der Waals surface area (Å²) in [6, 6.07) is 3.46. The van der Waals surface area contributed by atoms with E-state index in [1.165, 1.54) is 4.90 Å². The van der Waals surface area contributed by atoms with Gasteiger partial charge < -0.3 is 29.8 Å². The second-order valence-electron chi connectivity index (χ2n) is 9.58. The number of carboxylic acid groups (broad SMARTS) is 1. The third kappa shape index (κ3) is 4.63. The van der Waals surface area contributed by atoms with Gasteiger partial charge in [0.15, 0.2) is 11.5 Å². The Hall–Kier alpha value is -3.01. The first-order chi connectivity index (χ1) is 16.4. The number of aryl methyl sites for hydroxylation is 2. The molecule has 0 unspecified atom stereocenters. The summed E-state index contributed by atoms with van der Waals surface area (Å²) in [5, 5.41) is 11.5. The Balaban J connectivity index is 1.59. The van der Waals surface area contributed by atoms with E-state index in [4.69, 9.17) is 14.6 Å². The number of amides is 2. The van der Waals surface area contributed by atoms with Gasteiger partial charge >= 0.3 is 6.09 Å². The third-order valence-electron chi connectivity index (χ3n) is 7.05. The molecule has 1 fully saturated rings. The molecular weight excluding hydrogens is 518 g/mol. The highest BCUT2D eigenvalue weighted by Gasteiger charge is 2.47. The molecule has 4 rings (SSSR count). The van der Waals surface area contributed by atoms with E-state index in [2.05, 4.69) is 26.2 Å². The SMILES string of the molecule is Cc1cc(C)c(N(C)C(=O)c2cc(Br)c3c(c2C)O[C@@](C)(C2CCC(NC(=O)O)CC2)O3)c(=O)[nH]1. The number of hydrogen-bond donors (Lipinski definition) is 3. The number of aromatic amines is 1. The topological polar surface area (TPSA) is 121 Å². The van der Waals surface area contributed by atoms with Gasteiger partial charge in [-0.15, -0.1) is 0 Å². The Kier molecular flexibility index (Phi) is 6.61. The van der Waals surface area contributed by atoms with Gasteiger partial charge in [-0.3, -0.25) is 9.59 Å². The molecule has 1 aromatic carbocycles. The molecule has 188 valence electrons. The number of ether oxygens (including phenoxy) is 2. The quantitative estimate of drug-likeness (QED) is 0.512. The second kappa shape index (κ2) is 9.22. The highest BCUT2D eigenvalue weighted by molar-refractivity contribution is 9.10. The normalized spacial score (nSPS) is 23.1. The first-order valence-electron chi connectivity index (χ1n) is 11.6. The lowest BCUT2D eigenvalue weighted by Gasteiger charge is -2.37. The van der Waals surface area contributed by atoms with Crippen molar-refractivity contribution in [3.05, 3.63) is 49.3 Å². The molecule has 10 heteroatoms. The van der Waals surface area contributed by atoms with Crippen molar-refractivity contribution in [2.24, 2.45) is 5.92 Å². The minimum absolute atomic E-state index is 0.0589. The predicted octanol–water partition coefficient (Wildman–Crippen LogP) is 4.65. The van der Waals surface area contributed by atoms with Crippen LogP contribution in [-0.4, -0.2) is 41.0 Å². The zero-order valence-electron chi connectivity index (χ0n) is 20.5. The van der Waals surface area contributed by atoms with Crippen LogP contribution in [0, 0.1) is 26.7 Å². The highest BCUT2D eigenvalue weighted by Crippen LogP contribution is 2.51. The maximum atomic E-state index is 13.5. The number of anilines is 1. The van der Waals surface area contributed by atoms with Gasteiger partial charge in [0.05, 0.1) is 4.47 Å². The van der Waals surface area contributed by atoms with Gasteiger partial charge in [0.2, 0.25) is 0 Å². The number of H-pyrrole nitrogens is 1. The summed E-state index contributed by atoms with van der Waals surface area (Å²) in [5.41, 5.74) is 2.44. The minimum atomic E-state index is -1.01. The molecule has 1 aliphatic carbocycles. The number of benzene rings is 1. The van der Waals surface area contributed by atoms with Gasteiger partial charge in [0.25, 0.3) is 17.3 Å². The van der Waals surface area contributed by atoms with Gasteiger partial charge in [-0.25, -0.2) is 4.79 Å². The second-order valence-corrected chi connectivity index (χ2v) is 10.4. The Morgan fingerprint density at radius 1 is 1.14 bits per heavy atom. The van der Waals surface area contributed by atoms with E-state index in [0.717, 1.165) is 18.5 Å². The van der Waals surface area contributed by atoms with Crippen LogP contribution in [0.25, 0.3) is 0 Å². The fourth-order valence-corrected chi connectivity index (χ4v) is 5.71. The Morgan fingerprint density at radius 3 is 2.37 bits per heavy atom. The lowest BCUT2D eigenvalue weighted by molar-refractivity contribution is -0.121. The van der Waals surface area contributed by atoms with Crippen LogP contribution in [0.15, 0.2) is 21.4 Å². The molecule has 2 heterocycles. The minimum Gasteiger partial charge on any atom is -0.465 e. The molecule has 0 saturated heterocycles. The lowest BCUT2D eigenvalue weighted by Crippen LogP contribution is -2.47. The maximum Gasteiger partial charge on any atom is 0.404 e. The number of aromatic nitrogens is 1. The van der Waals surface area contributed by atoms with Crippen LogP contribution < -0.4 is 25.2 Å². The van der Waals surface area contributed by atoms with Crippen LogP contribution in [0.4, 0.5) is 10.5 Å². The van der Waals surface area contributed by atoms with Crippen LogP contribution in [0.2, 0.25) is 0 Å². The van der Waals surface area contributed by atoms with Crippen LogP contribution in [0.3, 0.4) is 0 Å². The molecule has 9 nitrogen and oxygen atoms in total. The first-order valence-corrected chi connectivity index (χ1v) is 12.4. The van der Waals surface area contributed by atoms with Crippen molar-refractivity contribution in [2.45, 2.75) is 65.2 Å². The Bertz CT molecular complexity index is 1250. The zero-order valence-corrected chi connectivity index (χ0v) is 22.0. The number of halogens is 1. The van der Waals surface area contributed by atoms with Gasteiger partial charge in [0.1, 0.15) is 5.69 Å². The monoisotopic (exact) mass is 547 g/mol. The van der Waals surface area contributed by atoms with Crippen molar-refractivity contribution in [3.8, 4) is 11.5 Å². The molecule has 3 N–H and O–H groups in total. The molecule has 2 aromatic rings. The van der Waals surface area contributed by atoms with E-state index in [-0.39, 0.29) is 23.4 Å². The number of carbonyl (C=O) groups excluding carboxylic acids is 1. The Labute approximate surface area is 211 Å². The van der Waals surface area contributed by atoms with Gasteiger partial charge in [-0.05, 0) is 80.1 Å². The van der Waals surface area contributed by atoms with Crippen LogP contribution >= 0.6 is 15.9 Å². The smallest absolute Gasteiger partial charge is 0.404 e. The van der Waals surface area contributed by atoms with E-state index in [1.54, 1.807) is 33.9 Å². The van der Waals surface area contributed by atoms with E-state index >= 15 is 0 Å². The summed E-state index contributed by atoms with van der Waals surface area (Å²) < 4.78 is 13.3. The van der Waals surface area contributed by atoms with E-state index in [1.807, 2.05) is 13.0 Å². The molecule has 0 radical (unpaired) electrons. The standard InChI is InChI=1S/C25H30BrN3O6/c1-12-10-13(2)27-22(30)19(12)29(5)23(31)17-11-18(26)21-20(14(17)3)34-25(4,35-21)15-6-8-16(9-7-15)28-24(32)33/h10-11,15-16,28H,6-9H2,1-5H3,(H,27,30)(H,32,33)/t15?,16?,25-/m1/s1. The summed E-state index contributed by atoms with van der Waals surface area (Å²) in [5.74, 6) is -0.162. The molecule has 1 aromatic heterocycles. The first kappa shape index (κ1) is 25.1. The summed E-state index contributed by atoms with van der Waals surface area (Å²) in [6.07, 6.45) is 1.89. The van der Waals surface area contributed by atoms with E-state index < -0.39 is 11.9 Å². The average Bonchev–Trinajstić information content (AvgIpc) is 3.15. The van der Waals surface area contributed by atoms with Gasteiger partial charge in [-0.2, -0.15) is 0 Å². The highest BCUT2D eigenvalue weighted by atomic mass is 79.9. The predicted molar refractivity (Wildman–Crippen MR) is 135 cm³/mol. The third-order valence-corrected chi connectivity index (χ3v) is 7.64. The van der Waals surface area contributed by atoms with E-state index in [0.29, 0.717) is 51.2 Å². The number of fused-ring (bicyclic) bond motifs is 1. The van der Waals surface area contributed by atoms with Crippen molar-refractivity contribution in [2.75, 3.05) is 11.9 Å². The number of pyridine rings is 1. The number of carbonyl (C=O) groups is 2. The van der Waals surface area contributed by atoms with Gasteiger partial charge in [-0.1, -0.05) is 0 Å². The maximum absolute atomic E-state index is 13.5. The number of hydrogen-bond acceptors (Lipinski definition) is 5. The van der Waals surface area contributed by atoms with Crippen molar-refractivity contribution in [1.82, 2.24) is 10.3 Å². The van der Waals surface area contributed by atoms with E-state index in [9.17, 15) is 14.4 Å². The summed E-state index contributed by atoms with van der Waals surface area (Å²) in [6.45, 7) is 7.29. The van der Waals surface area contributed by atoms with Crippen LogP contribution in [0.1, 0.15) is 59.8 Å². The average molecular weight is 548 g/mol. The molecule has 0 spiro atoms. The number of nitrogens with zero attached hydrogens (tertiary/aromatic N) is 1. The molecule has 2 aliphatic rings. The zero-order chi connectivity index (χ0) is 25.7. The fourth-order valence-electron chi connectivity index (χ4n) is 5.22. The van der Waals surface area contributed by atoms with Crippen LogP contribution in [-0.2, 0) is 0 Å². The molecule has 35 heavy (non-hydrogen) atoms. The Morgan fingerprint density at radius 2 is 1.77 bits per heavy atom. The van der Waals surface area contributed by atoms with Crippen molar-refractivity contribution in [1.29, 1.82) is 0 Å².